The third kappa shape index (κ3) is 2.38. The van der Waals surface area contributed by atoms with Crippen molar-refractivity contribution >= 4 is 5.65 Å². The van der Waals surface area contributed by atoms with E-state index >= 15 is 0 Å². The van der Waals surface area contributed by atoms with Crippen LogP contribution in [0.25, 0.3) is 5.65 Å². The van der Waals surface area contributed by atoms with Crippen LogP contribution >= 0.6 is 0 Å². The lowest BCUT2D eigenvalue weighted by Crippen LogP contribution is -2.38. The van der Waals surface area contributed by atoms with E-state index in [4.69, 9.17) is 4.74 Å². The Morgan fingerprint density at radius 2 is 2.05 bits per heavy atom. The zero-order chi connectivity index (χ0) is 14.1. The molecular formula is C15H22N4O. The van der Waals surface area contributed by atoms with Crippen molar-refractivity contribution in [2.45, 2.75) is 38.6 Å². The van der Waals surface area contributed by atoms with E-state index in [0.29, 0.717) is 12.0 Å². The average Bonchev–Trinajstić information content (AvgIpc) is 2.91. The summed E-state index contributed by atoms with van der Waals surface area (Å²) in [5.41, 5.74) is 0.816. The Labute approximate surface area is 119 Å². The summed E-state index contributed by atoms with van der Waals surface area (Å²) in [6.45, 7) is 6.78. The van der Waals surface area contributed by atoms with E-state index < -0.39 is 0 Å². The van der Waals surface area contributed by atoms with Crippen LogP contribution in [0.2, 0.25) is 0 Å². The third-order valence-electron chi connectivity index (χ3n) is 4.19. The molecule has 3 heterocycles. The second-order valence-electron chi connectivity index (χ2n) is 5.72. The molecule has 1 saturated heterocycles. The number of hydrogen-bond acceptors (Lipinski definition) is 4. The summed E-state index contributed by atoms with van der Waals surface area (Å²) >= 11 is 0. The van der Waals surface area contributed by atoms with Crippen molar-refractivity contribution in [3.63, 3.8) is 0 Å². The average molecular weight is 274 g/mol. The van der Waals surface area contributed by atoms with Crippen molar-refractivity contribution in [1.29, 1.82) is 0 Å². The van der Waals surface area contributed by atoms with E-state index in [1.165, 1.54) is 0 Å². The van der Waals surface area contributed by atoms with Crippen LogP contribution < -0.4 is 4.74 Å². The zero-order valence-corrected chi connectivity index (χ0v) is 12.4. The number of rotatable bonds is 3. The van der Waals surface area contributed by atoms with Gasteiger partial charge >= 0.3 is 0 Å². The summed E-state index contributed by atoms with van der Waals surface area (Å²) in [5.74, 6) is 2.21. The fraction of sp³-hybridized carbons (Fsp3) is 0.600. The van der Waals surface area contributed by atoms with Crippen molar-refractivity contribution in [2.75, 3.05) is 20.2 Å². The minimum Gasteiger partial charge on any atom is -0.493 e. The molecule has 0 unspecified atom stereocenters. The van der Waals surface area contributed by atoms with Crippen LogP contribution in [0.15, 0.2) is 18.3 Å². The van der Waals surface area contributed by atoms with Gasteiger partial charge in [-0.2, -0.15) is 5.10 Å². The molecule has 0 amide bonds. The maximum Gasteiger partial charge on any atom is 0.198 e. The molecule has 0 bridgehead atoms. The van der Waals surface area contributed by atoms with Crippen molar-refractivity contribution in [1.82, 2.24) is 19.5 Å². The minimum atomic E-state index is 0.467. The van der Waals surface area contributed by atoms with Crippen LogP contribution in [0.3, 0.4) is 0 Å². The highest BCUT2D eigenvalue weighted by atomic mass is 16.5. The highest BCUT2D eigenvalue weighted by molar-refractivity contribution is 5.52. The Hall–Kier alpha value is -1.62. The van der Waals surface area contributed by atoms with Gasteiger partial charge in [0.2, 0.25) is 0 Å². The molecule has 1 aliphatic rings. The Morgan fingerprint density at radius 3 is 2.70 bits per heavy atom. The predicted molar refractivity (Wildman–Crippen MR) is 78.2 cm³/mol. The molecule has 20 heavy (non-hydrogen) atoms. The molecule has 2 aromatic heterocycles. The Bertz CT molecular complexity index is 585. The Morgan fingerprint density at radius 1 is 1.30 bits per heavy atom. The number of pyridine rings is 1. The first-order valence-corrected chi connectivity index (χ1v) is 7.32. The largest absolute Gasteiger partial charge is 0.493 e. The molecule has 0 N–H and O–H groups in total. The fourth-order valence-corrected chi connectivity index (χ4v) is 2.90. The Kier molecular flexibility index (Phi) is 3.61. The molecule has 5 heteroatoms. The van der Waals surface area contributed by atoms with Gasteiger partial charge < -0.3 is 9.64 Å². The first-order valence-electron chi connectivity index (χ1n) is 7.32. The maximum absolute atomic E-state index is 5.35. The number of aromatic nitrogens is 3. The molecule has 0 radical (unpaired) electrons. The van der Waals surface area contributed by atoms with E-state index in [1.54, 1.807) is 7.11 Å². The summed E-state index contributed by atoms with van der Waals surface area (Å²) in [6.07, 6.45) is 4.20. The van der Waals surface area contributed by atoms with Gasteiger partial charge in [0, 0.05) is 18.2 Å². The number of fused-ring (bicyclic) bond motifs is 1. The normalized spacial score (nSPS) is 18.0. The van der Waals surface area contributed by atoms with Crippen LogP contribution in [0, 0.1) is 0 Å². The number of nitrogens with zero attached hydrogens (tertiary/aromatic N) is 4. The van der Waals surface area contributed by atoms with Crippen LogP contribution in [0.5, 0.6) is 5.75 Å². The highest BCUT2D eigenvalue weighted by Crippen LogP contribution is 2.28. The van der Waals surface area contributed by atoms with Gasteiger partial charge in [-0.3, -0.25) is 0 Å². The van der Waals surface area contributed by atoms with Crippen LogP contribution in [-0.2, 0) is 0 Å². The molecule has 108 valence electrons. The molecule has 0 spiro atoms. The van der Waals surface area contributed by atoms with E-state index in [9.17, 15) is 0 Å². The lowest BCUT2D eigenvalue weighted by molar-refractivity contribution is 0.169. The second kappa shape index (κ2) is 5.40. The van der Waals surface area contributed by atoms with E-state index in [1.807, 2.05) is 22.8 Å². The third-order valence-corrected chi connectivity index (χ3v) is 4.19. The van der Waals surface area contributed by atoms with Gasteiger partial charge in [-0.15, -0.1) is 0 Å². The monoisotopic (exact) mass is 274 g/mol. The topological polar surface area (TPSA) is 42.7 Å². The fourth-order valence-electron chi connectivity index (χ4n) is 2.90. The molecule has 0 aromatic carbocycles. The molecule has 0 aliphatic carbocycles. The molecule has 0 atom stereocenters. The van der Waals surface area contributed by atoms with Crippen LogP contribution in [0.1, 0.15) is 38.4 Å². The van der Waals surface area contributed by atoms with Crippen LogP contribution in [-0.4, -0.2) is 45.7 Å². The van der Waals surface area contributed by atoms with Gasteiger partial charge in [0.25, 0.3) is 0 Å². The molecular weight excluding hydrogens is 252 g/mol. The molecule has 5 nitrogen and oxygen atoms in total. The summed E-state index contributed by atoms with van der Waals surface area (Å²) < 4.78 is 7.17. The van der Waals surface area contributed by atoms with Crippen molar-refractivity contribution in [3.8, 4) is 5.75 Å². The molecule has 1 fully saturated rings. The van der Waals surface area contributed by atoms with Gasteiger partial charge in [0.05, 0.1) is 7.11 Å². The summed E-state index contributed by atoms with van der Waals surface area (Å²) in [7, 11) is 1.67. The molecule has 2 aromatic rings. The quantitative estimate of drug-likeness (QED) is 0.861. The number of ether oxygens (including phenoxy) is 1. The van der Waals surface area contributed by atoms with Gasteiger partial charge in [0.15, 0.2) is 17.2 Å². The SMILES string of the molecule is COc1cccn2nc(C3CCN(C(C)C)CC3)nc12. The smallest absolute Gasteiger partial charge is 0.198 e. The molecule has 1 aliphatic heterocycles. The summed E-state index contributed by atoms with van der Waals surface area (Å²) in [5, 5.41) is 4.62. The second-order valence-corrected chi connectivity index (χ2v) is 5.72. The molecule has 3 rings (SSSR count). The summed E-state index contributed by atoms with van der Waals surface area (Å²) in [6, 6.07) is 4.49. The number of piperidine rings is 1. The lowest BCUT2D eigenvalue weighted by atomic mass is 9.95. The first-order chi connectivity index (χ1) is 9.69. The first kappa shape index (κ1) is 13.4. The van der Waals surface area contributed by atoms with Gasteiger partial charge in [-0.25, -0.2) is 9.50 Å². The van der Waals surface area contributed by atoms with E-state index in [-0.39, 0.29) is 0 Å². The van der Waals surface area contributed by atoms with E-state index in [2.05, 4.69) is 28.8 Å². The standard InChI is InChI=1S/C15H22N4O/c1-11(2)18-9-6-12(7-10-18)14-16-15-13(20-3)5-4-8-19(15)17-14/h4-5,8,11-12H,6-7,9-10H2,1-3H3. The predicted octanol–water partition coefficient (Wildman–Crippen LogP) is 2.33. The van der Waals surface area contributed by atoms with Crippen LogP contribution in [0.4, 0.5) is 0 Å². The zero-order valence-electron chi connectivity index (χ0n) is 12.4. The van der Waals surface area contributed by atoms with Gasteiger partial charge in [-0.05, 0) is 51.9 Å². The van der Waals surface area contributed by atoms with E-state index in [0.717, 1.165) is 43.2 Å². The number of methoxy groups -OCH3 is 1. The lowest BCUT2D eigenvalue weighted by Gasteiger charge is -2.33. The number of hydrogen-bond donors (Lipinski definition) is 0. The minimum absolute atomic E-state index is 0.467. The van der Waals surface area contributed by atoms with Gasteiger partial charge in [0.1, 0.15) is 0 Å². The van der Waals surface area contributed by atoms with Gasteiger partial charge in [-0.1, -0.05) is 0 Å². The highest BCUT2D eigenvalue weighted by Gasteiger charge is 2.25. The number of likely N-dealkylation sites (tertiary alicyclic amines) is 1. The van der Waals surface area contributed by atoms with Crippen molar-refractivity contribution in [3.05, 3.63) is 24.2 Å². The maximum atomic E-state index is 5.35. The summed E-state index contributed by atoms with van der Waals surface area (Å²) in [4.78, 5) is 7.21. The van der Waals surface area contributed by atoms with Crippen molar-refractivity contribution in [2.24, 2.45) is 0 Å². The Balaban J connectivity index is 1.81. The van der Waals surface area contributed by atoms with Crippen molar-refractivity contribution < 1.29 is 4.74 Å². The molecule has 0 saturated carbocycles.